The molecule has 0 saturated carbocycles. The molecule has 2 rings (SSSR count). The van der Waals surface area contributed by atoms with Crippen LogP contribution in [0.2, 0.25) is 0 Å². The Morgan fingerprint density at radius 3 is 2.67 bits per heavy atom. The minimum Gasteiger partial charge on any atom is -0.328 e. The molecular weight excluding hydrogens is 229 g/mol. The van der Waals surface area contributed by atoms with Gasteiger partial charge in [-0.1, -0.05) is 0 Å². The number of nitrogens with zero attached hydrogens (tertiary/aromatic N) is 2. The van der Waals surface area contributed by atoms with Gasteiger partial charge in [0.05, 0.1) is 11.0 Å². The van der Waals surface area contributed by atoms with Gasteiger partial charge in [-0.2, -0.15) is 0 Å². The highest BCUT2D eigenvalue weighted by atomic mass is 19.1. The van der Waals surface area contributed by atoms with Gasteiger partial charge in [0, 0.05) is 24.6 Å². The van der Waals surface area contributed by atoms with E-state index in [0.717, 1.165) is 29.7 Å². The molecule has 2 aromatic rings. The van der Waals surface area contributed by atoms with Gasteiger partial charge in [0.15, 0.2) is 0 Å². The fourth-order valence-corrected chi connectivity index (χ4v) is 2.23. The van der Waals surface area contributed by atoms with Crippen LogP contribution in [-0.4, -0.2) is 15.6 Å². The summed E-state index contributed by atoms with van der Waals surface area (Å²) in [6.45, 7) is 6.21. The highest BCUT2D eigenvalue weighted by Crippen LogP contribution is 2.22. The van der Waals surface area contributed by atoms with E-state index in [1.807, 2.05) is 6.92 Å². The van der Waals surface area contributed by atoms with Gasteiger partial charge in [0.2, 0.25) is 0 Å². The summed E-state index contributed by atoms with van der Waals surface area (Å²) >= 11 is 0. The molecule has 0 spiro atoms. The van der Waals surface area contributed by atoms with Crippen LogP contribution in [0.5, 0.6) is 0 Å². The molecule has 1 atom stereocenters. The molecule has 0 saturated heterocycles. The van der Waals surface area contributed by atoms with Crippen molar-refractivity contribution in [3.05, 3.63) is 29.8 Å². The van der Waals surface area contributed by atoms with Crippen LogP contribution < -0.4 is 5.73 Å². The fourth-order valence-electron chi connectivity index (χ4n) is 2.23. The molecule has 1 aromatic carbocycles. The summed E-state index contributed by atoms with van der Waals surface area (Å²) in [6, 6.07) is 5.24. The van der Waals surface area contributed by atoms with Crippen LogP contribution in [0.4, 0.5) is 4.39 Å². The Kier molecular flexibility index (Phi) is 3.66. The van der Waals surface area contributed by atoms with Crippen molar-refractivity contribution in [2.45, 2.75) is 45.7 Å². The van der Waals surface area contributed by atoms with Gasteiger partial charge in [-0.3, -0.25) is 0 Å². The van der Waals surface area contributed by atoms with Crippen LogP contribution >= 0.6 is 0 Å². The summed E-state index contributed by atoms with van der Waals surface area (Å²) in [5, 5.41) is 0. The first-order valence-corrected chi connectivity index (χ1v) is 6.41. The molecule has 1 heterocycles. The Hall–Kier alpha value is -1.42. The van der Waals surface area contributed by atoms with Gasteiger partial charge in [0.1, 0.15) is 11.6 Å². The molecular formula is C14H20FN3. The molecule has 0 aliphatic heterocycles. The van der Waals surface area contributed by atoms with Crippen LogP contribution in [-0.2, 0) is 6.42 Å². The van der Waals surface area contributed by atoms with Gasteiger partial charge in [0.25, 0.3) is 0 Å². The van der Waals surface area contributed by atoms with E-state index < -0.39 is 0 Å². The van der Waals surface area contributed by atoms with Crippen LogP contribution in [0.25, 0.3) is 11.0 Å². The van der Waals surface area contributed by atoms with Gasteiger partial charge in [-0.05, 0) is 39.3 Å². The largest absolute Gasteiger partial charge is 0.328 e. The average molecular weight is 249 g/mol. The molecule has 0 aliphatic carbocycles. The van der Waals surface area contributed by atoms with E-state index in [1.165, 1.54) is 12.1 Å². The maximum atomic E-state index is 13.2. The van der Waals surface area contributed by atoms with E-state index in [9.17, 15) is 4.39 Å². The van der Waals surface area contributed by atoms with Crippen molar-refractivity contribution < 1.29 is 4.39 Å². The second-order valence-corrected chi connectivity index (χ2v) is 5.14. The number of hydrogen-bond donors (Lipinski definition) is 1. The fraction of sp³-hybridized carbons (Fsp3) is 0.500. The van der Waals surface area contributed by atoms with Crippen molar-refractivity contribution in [3.8, 4) is 0 Å². The molecule has 18 heavy (non-hydrogen) atoms. The standard InChI is InChI=1S/C14H20FN3/c1-9(2)18-13-6-5-11(15)8-12(13)17-14(18)7-4-10(3)16/h5-6,8-10H,4,7,16H2,1-3H3. The first-order valence-electron chi connectivity index (χ1n) is 6.41. The first kappa shape index (κ1) is 13.0. The lowest BCUT2D eigenvalue weighted by Gasteiger charge is -2.13. The summed E-state index contributed by atoms with van der Waals surface area (Å²) in [6.07, 6.45) is 1.71. The van der Waals surface area contributed by atoms with Crippen molar-refractivity contribution in [2.75, 3.05) is 0 Å². The van der Waals surface area contributed by atoms with Gasteiger partial charge in [-0.15, -0.1) is 0 Å². The molecule has 0 amide bonds. The smallest absolute Gasteiger partial charge is 0.125 e. The first-order chi connectivity index (χ1) is 8.49. The molecule has 0 radical (unpaired) electrons. The lowest BCUT2D eigenvalue weighted by atomic mass is 10.2. The van der Waals surface area contributed by atoms with E-state index in [0.29, 0.717) is 6.04 Å². The molecule has 3 nitrogen and oxygen atoms in total. The van der Waals surface area contributed by atoms with Gasteiger partial charge in [-0.25, -0.2) is 9.37 Å². The summed E-state index contributed by atoms with van der Waals surface area (Å²) in [7, 11) is 0. The number of imidazole rings is 1. The number of hydrogen-bond acceptors (Lipinski definition) is 2. The average Bonchev–Trinajstić information content (AvgIpc) is 2.63. The summed E-state index contributed by atoms with van der Waals surface area (Å²) in [5.41, 5.74) is 7.50. The number of nitrogens with two attached hydrogens (primary N) is 1. The number of rotatable bonds is 4. The third-order valence-electron chi connectivity index (χ3n) is 3.06. The highest BCUT2D eigenvalue weighted by molar-refractivity contribution is 5.76. The van der Waals surface area contributed by atoms with Crippen LogP contribution in [0.1, 0.15) is 39.1 Å². The third kappa shape index (κ3) is 2.53. The predicted octanol–water partition coefficient (Wildman–Crippen LogP) is 3.04. The molecule has 98 valence electrons. The van der Waals surface area contributed by atoms with E-state index >= 15 is 0 Å². The molecule has 0 aliphatic rings. The number of benzene rings is 1. The zero-order valence-corrected chi connectivity index (χ0v) is 11.2. The second kappa shape index (κ2) is 5.06. The molecule has 0 fully saturated rings. The number of aromatic nitrogens is 2. The van der Waals surface area contributed by atoms with E-state index in [1.54, 1.807) is 6.07 Å². The van der Waals surface area contributed by atoms with Crippen LogP contribution in [0.3, 0.4) is 0 Å². The SMILES string of the molecule is CC(N)CCc1nc2cc(F)ccc2n1C(C)C. The van der Waals surface area contributed by atoms with Crippen molar-refractivity contribution >= 4 is 11.0 Å². The lowest BCUT2D eigenvalue weighted by Crippen LogP contribution is -2.17. The molecule has 0 bridgehead atoms. The molecule has 4 heteroatoms. The maximum absolute atomic E-state index is 13.2. The quantitative estimate of drug-likeness (QED) is 0.905. The molecule has 1 unspecified atom stereocenters. The predicted molar refractivity (Wildman–Crippen MR) is 72.0 cm³/mol. The number of fused-ring (bicyclic) bond motifs is 1. The zero-order chi connectivity index (χ0) is 13.3. The van der Waals surface area contributed by atoms with E-state index in [4.69, 9.17) is 5.73 Å². The Bertz CT molecular complexity index is 543. The third-order valence-corrected chi connectivity index (χ3v) is 3.06. The Morgan fingerprint density at radius 2 is 2.06 bits per heavy atom. The minimum atomic E-state index is -0.241. The highest BCUT2D eigenvalue weighted by Gasteiger charge is 2.13. The van der Waals surface area contributed by atoms with Crippen molar-refractivity contribution in [3.63, 3.8) is 0 Å². The Balaban J connectivity index is 2.47. The van der Waals surface area contributed by atoms with Crippen molar-refractivity contribution in [1.29, 1.82) is 0 Å². The summed E-state index contributed by atoms with van der Waals surface area (Å²) in [4.78, 5) is 4.53. The van der Waals surface area contributed by atoms with Gasteiger partial charge < -0.3 is 10.3 Å². The van der Waals surface area contributed by atoms with Crippen LogP contribution in [0.15, 0.2) is 18.2 Å². The Morgan fingerprint density at radius 1 is 1.33 bits per heavy atom. The second-order valence-electron chi connectivity index (χ2n) is 5.14. The van der Waals surface area contributed by atoms with Crippen LogP contribution in [0, 0.1) is 5.82 Å². The normalized spacial score (nSPS) is 13.4. The van der Waals surface area contributed by atoms with Crippen molar-refractivity contribution in [2.24, 2.45) is 5.73 Å². The summed E-state index contributed by atoms with van der Waals surface area (Å²) in [5.74, 6) is 0.748. The Labute approximate surface area is 107 Å². The van der Waals surface area contributed by atoms with E-state index in [2.05, 4.69) is 23.4 Å². The number of aryl methyl sites for hydroxylation is 1. The monoisotopic (exact) mass is 249 g/mol. The lowest BCUT2D eigenvalue weighted by molar-refractivity contribution is 0.559. The molecule has 1 aromatic heterocycles. The topological polar surface area (TPSA) is 43.8 Å². The van der Waals surface area contributed by atoms with Gasteiger partial charge >= 0.3 is 0 Å². The number of halogens is 1. The maximum Gasteiger partial charge on any atom is 0.125 e. The minimum absolute atomic E-state index is 0.155. The zero-order valence-electron chi connectivity index (χ0n) is 11.2. The van der Waals surface area contributed by atoms with Crippen molar-refractivity contribution in [1.82, 2.24) is 9.55 Å². The van der Waals surface area contributed by atoms with E-state index in [-0.39, 0.29) is 11.9 Å². The summed E-state index contributed by atoms with van der Waals surface area (Å²) < 4.78 is 15.4. The molecule has 2 N–H and O–H groups in total.